The Morgan fingerprint density at radius 1 is 0.610 bits per heavy atom. The molecule has 0 aliphatic heterocycles. The van der Waals surface area contributed by atoms with Crippen LogP contribution in [0.5, 0.6) is 0 Å². The van der Waals surface area contributed by atoms with Gasteiger partial charge in [-0.3, -0.25) is 0 Å². The number of nitrogens with one attached hydrogen (secondary N) is 1. The fourth-order valence-corrected chi connectivity index (χ4v) is 5.45. The third-order valence-corrected chi connectivity index (χ3v) is 7.69. The summed E-state index contributed by atoms with van der Waals surface area (Å²) in [7, 11) is 0. The van der Waals surface area contributed by atoms with E-state index in [1.54, 1.807) is 0 Å². The molecular formula is C34H60N2O2S2Zn. The van der Waals surface area contributed by atoms with Gasteiger partial charge in [0.2, 0.25) is 0 Å². The van der Waals surface area contributed by atoms with E-state index in [1.807, 2.05) is 6.07 Å². The average Bonchev–Trinajstić information content (AvgIpc) is 2.90. The van der Waals surface area contributed by atoms with Crippen LogP contribution in [-0.2, 0) is 32.3 Å². The molecule has 41 heavy (non-hydrogen) atoms. The van der Waals surface area contributed by atoms with E-state index in [2.05, 4.69) is 49.2 Å². The van der Waals surface area contributed by atoms with Gasteiger partial charge in [-0.25, -0.2) is 0 Å². The molecule has 0 aromatic heterocycles. The summed E-state index contributed by atoms with van der Waals surface area (Å²) < 4.78 is 0. The molecule has 0 saturated heterocycles. The molecule has 1 rings (SSSR count). The van der Waals surface area contributed by atoms with Crippen LogP contribution in [0.2, 0.25) is 0 Å². The molecule has 0 aliphatic carbocycles. The average molecular weight is 658 g/mol. The van der Waals surface area contributed by atoms with Gasteiger partial charge < -0.3 is 21.3 Å². The maximum atomic E-state index is 11.6. The quantitative estimate of drug-likeness (QED) is 0.0620. The van der Waals surface area contributed by atoms with E-state index in [4.69, 9.17) is 17.3 Å². The Bertz CT molecular complexity index is 745. The van der Waals surface area contributed by atoms with Crippen molar-refractivity contribution in [3.63, 3.8) is 0 Å². The first-order valence-electron chi connectivity index (χ1n) is 16.5. The molecule has 0 unspecified atom stereocenters. The van der Waals surface area contributed by atoms with Crippen LogP contribution < -0.4 is 21.3 Å². The summed E-state index contributed by atoms with van der Waals surface area (Å²) in [5.41, 5.74) is 7.98. The molecule has 0 radical (unpaired) electrons. The van der Waals surface area contributed by atoms with Crippen LogP contribution in [0.15, 0.2) is 18.2 Å². The van der Waals surface area contributed by atoms with Gasteiger partial charge in [0.1, 0.15) is 0 Å². The molecule has 0 heterocycles. The van der Waals surface area contributed by atoms with Crippen molar-refractivity contribution in [1.82, 2.24) is 0 Å². The Morgan fingerprint density at radius 2 is 0.951 bits per heavy atom. The molecule has 0 atom stereocenters. The Balaban J connectivity index is 0. The molecule has 232 valence electrons. The predicted octanol–water partition coefficient (Wildman–Crippen LogP) is 9.04. The number of hydrogen-bond donors (Lipinski definition) is 2. The van der Waals surface area contributed by atoms with Gasteiger partial charge in [-0.1, -0.05) is 179 Å². The number of benzene rings is 1. The summed E-state index contributed by atoms with van der Waals surface area (Å²) in [4.78, 5) is 0. The van der Waals surface area contributed by atoms with E-state index >= 15 is 0 Å². The normalized spacial score (nSPS) is 10.4. The zero-order valence-electron chi connectivity index (χ0n) is 26.6. The molecule has 0 saturated carbocycles. The van der Waals surface area contributed by atoms with Crippen LogP contribution in [0.25, 0.3) is 0 Å². The maximum absolute atomic E-state index is 11.6. The van der Waals surface area contributed by atoms with Crippen molar-refractivity contribution in [2.24, 2.45) is 5.73 Å². The summed E-state index contributed by atoms with van der Waals surface area (Å²) in [6.07, 6.45) is 32.2. The van der Waals surface area contributed by atoms with E-state index < -0.39 is 5.17 Å². The van der Waals surface area contributed by atoms with Crippen molar-refractivity contribution in [1.29, 1.82) is 0 Å². The zero-order valence-corrected chi connectivity index (χ0v) is 31.2. The molecule has 1 aromatic rings. The number of anilines is 1. The smallest absolute Gasteiger partial charge is 0.852 e. The molecule has 0 spiro atoms. The Labute approximate surface area is 277 Å². The van der Waals surface area contributed by atoms with E-state index in [9.17, 15) is 5.11 Å². The maximum Gasteiger partial charge on any atom is 2.00 e. The minimum Gasteiger partial charge on any atom is -0.852 e. The number of thiocarbonyl (C=S) groups is 2. The summed E-state index contributed by atoms with van der Waals surface area (Å²) in [5, 5.41) is 22.4. The first-order chi connectivity index (χ1) is 19.4. The van der Waals surface area contributed by atoms with Crippen LogP contribution in [0.3, 0.4) is 0 Å². The second-order valence-corrected chi connectivity index (χ2v) is 12.0. The van der Waals surface area contributed by atoms with E-state index in [0.717, 1.165) is 18.5 Å². The van der Waals surface area contributed by atoms with Crippen molar-refractivity contribution in [3.05, 3.63) is 29.3 Å². The summed E-state index contributed by atoms with van der Waals surface area (Å²) in [6, 6.07) is 6.38. The monoisotopic (exact) mass is 656 g/mol. The topological polar surface area (TPSA) is 84.2 Å². The van der Waals surface area contributed by atoms with Gasteiger partial charge in [0.05, 0.1) is 0 Å². The molecular weight excluding hydrogens is 598 g/mol. The number of aryl methyl sites for hydroxylation is 1. The molecule has 0 fully saturated rings. The number of unbranched alkanes of at least 4 members (excludes halogenated alkanes) is 20. The molecule has 4 nitrogen and oxygen atoms in total. The van der Waals surface area contributed by atoms with Crippen molar-refractivity contribution < 1.29 is 29.7 Å². The van der Waals surface area contributed by atoms with Crippen LogP contribution in [0, 0.1) is 0 Å². The van der Waals surface area contributed by atoms with Gasteiger partial charge in [-0.05, 0) is 42.9 Å². The molecule has 1 aromatic carbocycles. The fraction of sp³-hybridized carbons (Fsp3) is 0.765. The Morgan fingerprint density at radius 3 is 1.32 bits per heavy atom. The van der Waals surface area contributed by atoms with E-state index in [1.165, 1.54) is 152 Å². The van der Waals surface area contributed by atoms with Crippen LogP contribution >= 0.6 is 24.4 Å². The SMILES string of the molecule is CCCCCCCCCCCCCc1cccc(NC([O-])=S)c1CCCCCCCCCCCCC.NC([O-])=S.[Zn+2]. The minimum absolute atomic E-state index is 0. The zero-order chi connectivity index (χ0) is 29.7. The molecule has 0 bridgehead atoms. The second kappa shape index (κ2) is 32.1. The standard InChI is InChI=1S/C33H59NOS.CH3NOS.Zn/c1-3-5-7-9-11-13-15-17-19-21-23-26-30-27-25-29-32(34-33(35)36)31(30)28-24-22-20-18-16-14-12-10-8-6-4-2;2-1(3)4;/h25,27,29H,3-24,26,28H2,1-2H3,(H2,34,35,36);(H3,2,3,4);/q;;+2/p-2. The fourth-order valence-electron chi connectivity index (χ4n) is 5.34. The summed E-state index contributed by atoms with van der Waals surface area (Å²) in [5.74, 6) is 0. The van der Waals surface area contributed by atoms with E-state index in [0.29, 0.717) is 0 Å². The largest absolute Gasteiger partial charge is 2.00 e. The first kappa shape index (κ1) is 42.4. The number of rotatable bonds is 25. The molecule has 3 N–H and O–H groups in total. The van der Waals surface area contributed by atoms with E-state index in [-0.39, 0.29) is 24.7 Å². The van der Waals surface area contributed by atoms with Gasteiger partial charge in [0.25, 0.3) is 0 Å². The molecule has 7 heteroatoms. The summed E-state index contributed by atoms with van der Waals surface area (Å²) >= 11 is 8.59. The summed E-state index contributed by atoms with van der Waals surface area (Å²) in [6.45, 7) is 4.57. The van der Waals surface area contributed by atoms with Crippen molar-refractivity contribution in [3.8, 4) is 0 Å². The Kier molecular flexibility index (Phi) is 33.2. The van der Waals surface area contributed by atoms with Crippen LogP contribution in [-0.4, -0.2) is 10.3 Å². The third-order valence-electron chi connectivity index (χ3n) is 7.59. The Hall–Kier alpha value is -0.777. The molecule has 0 amide bonds. The molecule has 0 aliphatic rings. The van der Waals surface area contributed by atoms with Gasteiger partial charge in [0.15, 0.2) is 0 Å². The van der Waals surface area contributed by atoms with Gasteiger partial charge in [-0.2, -0.15) is 0 Å². The minimum atomic E-state index is -0.750. The van der Waals surface area contributed by atoms with Gasteiger partial charge in [-0.15, -0.1) is 0 Å². The first-order valence-corrected chi connectivity index (χ1v) is 17.3. The number of hydrogen-bond acceptors (Lipinski definition) is 4. The predicted molar refractivity (Wildman–Crippen MR) is 180 cm³/mol. The van der Waals surface area contributed by atoms with Crippen molar-refractivity contribution in [2.75, 3.05) is 5.32 Å². The van der Waals surface area contributed by atoms with Crippen LogP contribution in [0.4, 0.5) is 5.69 Å². The van der Waals surface area contributed by atoms with Gasteiger partial charge in [0, 0.05) is 16.0 Å². The number of nitrogens with two attached hydrogens (primary N) is 1. The third kappa shape index (κ3) is 29.1. The van der Waals surface area contributed by atoms with Crippen LogP contribution in [0.1, 0.15) is 166 Å². The van der Waals surface area contributed by atoms with Gasteiger partial charge >= 0.3 is 19.5 Å². The van der Waals surface area contributed by atoms with Crippen molar-refractivity contribution in [2.45, 2.75) is 168 Å². The second-order valence-electron chi connectivity index (χ2n) is 11.2. The van der Waals surface area contributed by atoms with Crippen molar-refractivity contribution >= 4 is 40.5 Å².